The highest BCUT2D eigenvalue weighted by Crippen LogP contribution is 2.30. The van der Waals surface area contributed by atoms with Crippen molar-refractivity contribution in [1.29, 1.82) is 5.26 Å². The molecule has 5 N–H and O–H groups in total. The zero-order chi connectivity index (χ0) is 39.0. The first-order valence-corrected chi connectivity index (χ1v) is 17.6. The number of halogens is 2. The second-order valence-electron chi connectivity index (χ2n) is 11.5. The van der Waals surface area contributed by atoms with Gasteiger partial charge in [0.2, 0.25) is 10.0 Å². The van der Waals surface area contributed by atoms with Gasteiger partial charge in [0, 0.05) is 44.4 Å². The van der Waals surface area contributed by atoms with E-state index in [4.69, 9.17) is 53.7 Å². The van der Waals surface area contributed by atoms with Crippen LogP contribution in [-0.2, 0) is 19.6 Å². The van der Waals surface area contributed by atoms with Gasteiger partial charge in [-0.2, -0.15) is 5.26 Å². The molecule has 276 valence electrons. The molecule has 1 aromatic heterocycles. The largest absolute Gasteiger partial charge is 0.483 e. The first-order chi connectivity index (χ1) is 25.0. The van der Waals surface area contributed by atoms with Crippen molar-refractivity contribution >= 4 is 50.6 Å². The zero-order valence-electron chi connectivity index (χ0n) is 27.8. The van der Waals surface area contributed by atoms with Gasteiger partial charge in [-0.1, -0.05) is 28.3 Å². The van der Waals surface area contributed by atoms with Crippen LogP contribution in [0, 0.1) is 25.2 Å². The number of sulfonamides is 1. The number of hydrogen-bond donors (Lipinski definition) is 4. The molecule has 53 heavy (non-hydrogen) atoms. The van der Waals surface area contributed by atoms with E-state index in [1.807, 2.05) is 6.07 Å². The maximum absolute atomic E-state index is 13.1. The first kappa shape index (κ1) is 40.3. The molecule has 1 saturated heterocycles. The number of aliphatic hydroxyl groups is 1. The Balaban J connectivity index is 0.000000278. The third-order valence-electron chi connectivity index (χ3n) is 7.67. The van der Waals surface area contributed by atoms with Gasteiger partial charge in [-0.15, -0.1) is 0 Å². The number of amides is 1. The Morgan fingerprint density at radius 2 is 1.89 bits per heavy atom. The molecule has 0 saturated carbocycles. The maximum atomic E-state index is 13.1. The van der Waals surface area contributed by atoms with Gasteiger partial charge < -0.3 is 19.9 Å². The van der Waals surface area contributed by atoms with Crippen LogP contribution in [0.3, 0.4) is 0 Å². The summed E-state index contributed by atoms with van der Waals surface area (Å²) in [7, 11) is -3.87. The number of nitrogens with two attached hydrogens (primary N) is 1. The fraction of sp³-hybridized carbons (Fsp3) is 0.242. The van der Waals surface area contributed by atoms with E-state index in [0.717, 1.165) is 0 Å². The van der Waals surface area contributed by atoms with Gasteiger partial charge in [0.25, 0.3) is 11.5 Å². The van der Waals surface area contributed by atoms with Crippen LogP contribution in [0.15, 0.2) is 80.4 Å². The van der Waals surface area contributed by atoms with Crippen LogP contribution in [0.2, 0.25) is 10.0 Å². The Hall–Kier alpha value is -5.51. The molecule has 0 aliphatic carbocycles. The van der Waals surface area contributed by atoms with Crippen LogP contribution < -0.4 is 26.4 Å². The number of nitrogens with one attached hydrogen (secondary N) is 2. The van der Waals surface area contributed by atoms with Crippen LogP contribution in [0.5, 0.6) is 5.75 Å². The lowest BCUT2D eigenvalue weighted by Crippen LogP contribution is -2.33. The number of primary sulfonamides is 1. The predicted octanol–water partition coefficient (Wildman–Crippen LogP) is 3.87. The number of benzene rings is 3. The lowest BCUT2D eigenvalue weighted by atomic mass is 10.0. The minimum Gasteiger partial charge on any atom is -0.483 e. The first-order valence-electron chi connectivity index (χ1n) is 15.3. The zero-order valence-corrected chi connectivity index (χ0v) is 30.1. The van der Waals surface area contributed by atoms with Crippen LogP contribution >= 0.6 is 23.2 Å². The van der Waals surface area contributed by atoms with Crippen molar-refractivity contribution in [2.75, 3.05) is 18.5 Å². The molecule has 0 bridgehead atoms. The number of azide groups is 1. The van der Waals surface area contributed by atoms with Crippen LogP contribution in [-0.4, -0.2) is 60.1 Å². The molecular weight excluding hydrogens is 755 g/mol. The number of carbonyl (C=O) groups is 2. The van der Waals surface area contributed by atoms with E-state index in [1.54, 1.807) is 13.8 Å². The van der Waals surface area contributed by atoms with Gasteiger partial charge in [-0.05, 0) is 79.5 Å². The molecule has 3 atom stereocenters. The van der Waals surface area contributed by atoms with E-state index < -0.39 is 57.9 Å². The molecule has 2 heterocycles. The summed E-state index contributed by atoms with van der Waals surface area (Å²) < 4.78 is 35.2. The second kappa shape index (κ2) is 17.3. The molecule has 20 heteroatoms. The molecule has 4 aromatic rings. The van der Waals surface area contributed by atoms with Gasteiger partial charge in [0.15, 0.2) is 12.4 Å². The normalized spacial score (nSPS) is 16.4. The summed E-state index contributed by atoms with van der Waals surface area (Å²) in [6, 6.07) is 14.0. The molecule has 1 fully saturated rings. The molecule has 1 aliphatic heterocycles. The van der Waals surface area contributed by atoms with E-state index in [-0.39, 0.29) is 50.4 Å². The molecule has 3 aromatic carbocycles. The number of hydrogen-bond acceptors (Lipinski definition) is 11. The number of aliphatic hydroxyl groups excluding tert-OH is 1. The number of ketones is 1. The van der Waals surface area contributed by atoms with E-state index in [0.29, 0.717) is 16.8 Å². The van der Waals surface area contributed by atoms with Crippen LogP contribution in [0.4, 0.5) is 5.69 Å². The van der Waals surface area contributed by atoms with E-state index >= 15 is 0 Å². The Morgan fingerprint density at radius 3 is 2.53 bits per heavy atom. The summed E-state index contributed by atoms with van der Waals surface area (Å²) in [6.07, 6.45) is 0.329. The van der Waals surface area contributed by atoms with Crippen molar-refractivity contribution in [1.82, 2.24) is 9.55 Å². The van der Waals surface area contributed by atoms with Crippen molar-refractivity contribution in [2.45, 2.75) is 43.5 Å². The number of carbonyl (C=O) groups excluding carboxylic acids is 2. The number of anilines is 1. The standard InChI is InChI=1S/C23H17Cl2N3O5S.C10H13N5O4/c1-13-6-18(34(27,31)32)3-4-20(13)28-22(29)12-33-21-5-2-16(24)10-19(21)23(30)15-7-14(11-26)8-17(25)9-15;1-5-3-15(10(18)12-9(5)17)8-2-6(13-14-11)7(4-16)19-8/h2-10H,12H2,1H3,(H,28,29)(H2,27,31,32);3,6-8,16H,2,4H2,1H3,(H,12,17,18)/t;6-,7+,8+/m.0/s1. The number of H-pyrrole nitrogens is 1. The quantitative estimate of drug-likeness (QED) is 0.0780. The summed E-state index contributed by atoms with van der Waals surface area (Å²) in [5.74, 6) is -0.940. The summed E-state index contributed by atoms with van der Waals surface area (Å²) in [5.41, 5.74) is 9.06. The highest BCUT2D eigenvalue weighted by Gasteiger charge is 2.35. The van der Waals surface area contributed by atoms with Crippen molar-refractivity contribution in [3.8, 4) is 11.8 Å². The van der Waals surface area contributed by atoms with Gasteiger partial charge in [-0.25, -0.2) is 18.4 Å². The Morgan fingerprint density at radius 1 is 1.15 bits per heavy atom. The molecule has 0 spiro atoms. The van der Waals surface area contributed by atoms with Gasteiger partial charge in [0.05, 0.1) is 40.8 Å². The molecule has 5 rings (SSSR count). The summed E-state index contributed by atoms with van der Waals surface area (Å²) in [5, 5.41) is 30.0. The third-order valence-corrected chi connectivity index (χ3v) is 9.04. The molecule has 0 radical (unpaired) electrons. The average molecular weight is 786 g/mol. The number of nitrogens with zero attached hydrogens (tertiary/aromatic N) is 5. The number of ether oxygens (including phenoxy) is 2. The molecule has 0 unspecified atom stereocenters. The van der Waals surface area contributed by atoms with Crippen molar-refractivity contribution in [3.05, 3.63) is 130 Å². The molecule has 1 amide bonds. The lowest BCUT2D eigenvalue weighted by Gasteiger charge is -2.14. The fourth-order valence-electron chi connectivity index (χ4n) is 5.07. The summed E-state index contributed by atoms with van der Waals surface area (Å²) >= 11 is 12.1. The van der Waals surface area contributed by atoms with E-state index in [1.165, 1.54) is 65.4 Å². The van der Waals surface area contributed by atoms with Crippen molar-refractivity contribution in [3.63, 3.8) is 0 Å². The highest BCUT2D eigenvalue weighted by atomic mass is 35.5. The lowest BCUT2D eigenvalue weighted by molar-refractivity contribution is -0.118. The monoisotopic (exact) mass is 784 g/mol. The Labute approximate surface area is 311 Å². The SMILES string of the molecule is Cc1cc(S(N)(=O)=O)ccc1NC(=O)COc1ccc(Cl)cc1C(=O)c1cc(Cl)cc(C#N)c1.Cc1cn([C@H]2C[C@H](N=[N+]=[N-])[C@@H](CO)O2)c(=O)[nH]c1=O. The highest BCUT2D eigenvalue weighted by molar-refractivity contribution is 7.89. The number of aryl methyl sites for hydroxylation is 2. The van der Waals surface area contributed by atoms with Gasteiger partial charge in [0.1, 0.15) is 12.0 Å². The average Bonchev–Trinajstić information content (AvgIpc) is 3.52. The maximum Gasteiger partial charge on any atom is 0.330 e. The van der Waals surface area contributed by atoms with Crippen molar-refractivity contribution < 1.29 is 32.6 Å². The number of aromatic amines is 1. The Kier molecular flexibility index (Phi) is 13.2. The fourth-order valence-corrected chi connectivity index (χ4v) is 6.07. The predicted molar refractivity (Wildman–Crippen MR) is 192 cm³/mol. The summed E-state index contributed by atoms with van der Waals surface area (Å²) in [6.45, 7) is 2.42. The number of aromatic nitrogens is 2. The minimum absolute atomic E-state index is 0.0795. The second-order valence-corrected chi connectivity index (χ2v) is 13.9. The van der Waals surface area contributed by atoms with Gasteiger partial charge >= 0.3 is 5.69 Å². The van der Waals surface area contributed by atoms with E-state index in [9.17, 15) is 27.6 Å². The molecule has 1 aliphatic rings. The topological polar surface area (TPSA) is 272 Å². The molecular formula is C33H30Cl2N8O9S. The van der Waals surface area contributed by atoms with Crippen LogP contribution in [0.25, 0.3) is 10.4 Å². The molecule has 17 nitrogen and oxygen atoms in total. The van der Waals surface area contributed by atoms with Gasteiger partial charge in [-0.3, -0.25) is 23.9 Å². The minimum atomic E-state index is -3.87. The Bertz CT molecular complexity index is 2390. The van der Waals surface area contributed by atoms with Crippen LogP contribution in [0.1, 0.15) is 45.3 Å². The summed E-state index contributed by atoms with van der Waals surface area (Å²) in [4.78, 5) is 53.2. The third kappa shape index (κ3) is 10.3. The number of nitriles is 1. The smallest absolute Gasteiger partial charge is 0.330 e. The number of rotatable bonds is 10. The van der Waals surface area contributed by atoms with Crippen molar-refractivity contribution in [2.24, 2.45) is 10.3 Å². The van der Waals surface area contributed by atoms with E-state index in [2.05, 4.69) is 20.3 Å².